The molecular weight excluding hydrogens is 1400 g/mol. The first kappa shape index (κ1) is 77.6. The van der Waals surface area contributed by atoms with E-state index >= 15 is 52.7 Å². The molecular formula is C78H76F12N4O11. The Labute approximate surface area is 595 Å². The second-order valence-corrected chi connectivity index (χ2v) is 27.1. The lowest BCUT2D eigenvalue weighted by Crippen LogP contribution is -2.55. The first-order valence-electron chi connectivity index (χ1n) is 33.3. The lowest BCUT2D eigenvalue weighted by molar-refractivity contribution is -0.290. The Bertz CT molecular complexity index is 4450. The molecule has 105 heavy (non-hydrogen) atoms. The van der Waals surface area contributed by atoms with Gasteiger partial charge in [-0.15, -0.1) is 0 Å². The highest BCUT2D eigenvalue weighted by Crippen LogP contribution is 2.61. The standard InChI is InChI=1S/C78H76F12N4O11/c1-6-70(4,60-35-46(23-31-64(60)97)73(75(79,80)81,76(82,83)84)49-26-34-67(100)63(38-49)94-68(101)56-15-7-8-16-57(56)69(102)103)93-40-51(96)42-105-53-29-21-45(22-30-53)72(58-17-11-9-13-54(58)55-14-10-12-18-59(55)72)44-19-27-52(28-20-44)104-41-50(95)39-92-62-37-48(25-33-66(62)99)74(77(85,86)87,78(88,89)90)47-24-32-65(98)61(36-47)71(5,91)43(2)3/h7-14,17-38,43,50-51,56-57,92-93,95-100H,6,15-16,39-42,91H2,1-5H3,(H,94,101)(H,102,103). The Kier molecular flexibility index (Phi) is 21.6. The van der Waals surface area contributed by atoms with Crippen LogP contribution in [0.4, 0.5) is 64.1 Å². The number of fused-ring (bicyclic) bond motifs is 3. The average Bonchev–Trinajstić information content (AvgIpc) is 1.70. The molecule has 6 atom stereocenters. The maximum Gasteiger partial charge on any atom is 0.411 e. The number of carbonyl (C=O) groups is 2. The monoisotopic (exact) mass is 1470 g/mol. The number of hydrogen-bond donors (Lipinski definition) is 11. The highest BCUT2D eigenvalue weighted by atomic mass is 19.4. The quantitative estimate of drug-likeness (QED) is 0.0145. The molecule has 15 nitrogen and oxygen atoms in total. The number of amides is 1. The maximum absolute atomic E-state index is 15.7. The number of ether oxygens (including phenoxy) is 2. The van der Waals surface area contributed by atoms with Crippen LogP contribution in [-0.4, -0.2) is 111 Å². The number of aromatic hydroxyl groups is 4. The van der Waals surface area contributed by atoms with Crippen molar-refractivity contribution in [2.24, 2.45) is 23.5 Å². The van der Waals surface area contributed by atoms with Crippen LogP contribution >= 0.6 is 0 Å². The summed E-state index contributed by atoms with van der Waals surface area (Å²) in [6, 6.07) is 35.6. The number of hydrogen-bond acceptors (Lipinski definition) is 13. The van der Waals surface area contributed by atoms with Gasteiger partial charge >= 0.3 is 30.7 Å². The molecule has 0 spiro atoms. The van der Waals surface area contributed by atoms with E-state index in [9.17, 15) is 45.3 Å². The van der Waals surface area contributed by atoms with Gasteiger partial charge < -0.3 is 66.9 Å². The van der Waals surface area contributed by atoms with Crippen LogP contribution in [-0.2, 0) is 36.9 Å². The van der Waals surface area contributed by atoms with Crippen molar-refractivity contribution in [2.45, 2.75) is 118 Å². The number of carboxylic acid groups (broad SMARTS) is 1. The predicted octanol–water partition coefficient (Wildman–Crippen LogP) is 15.6. The SMILES string of the molecule is CCC(C)(NCC(O)COc1ccc(C2(c3ccc(OCC(O)CNc4cc(C(c5ccc(O)c(C(C)(N)C(C)C)c5)(C(F)(F)F)C(F)(F)F)ccc4O)cc3)c3ccccc3-c3ccccc32)cc1)c1cc(C(c2ccc(O)c(NC(=O)C3CC=CCC3C(=O)O)c2)(C(F)(F)F)C(F)(F)F)ccc1O. The number of phenolic OH excluding ortho intramolecular Hbond substituents is 4. The number of allylic oxidation sites excluding steroid dienone is 2. The summed E-state index contributed by atoms with van der Waals surface area (Å²) < 4.78 is 198. The van der Waals surface area contributed by atoms with Crippen LogP contribution in [0.3, 0.4) is 0 Å². The molecule has 0 saturated carbocycles. The Morgan fingerprint density at radius 1 is 0.524 bits per heavy atom. The van der Waals surface area contributed by atoms with Crippen LogP contribution in [0.5, 0.6) is 34.5 Å². The highest BCUT2D eigenvalue weighted by molar-refractivity contribution is 5.97. The number of halogens is 12. The number of carboxylic acids is 1. The molecule has 2 aliphatic carbocycles. The number of nitrogens with two attached hydrogens (primary N) is 1. The summed E-state index contributed by atoms with van der Waals surface area (Å²) in [5.41, 5.74) is -10.2. The Balaban J connectivity index is 0.847. The maximum atomic E-state index is 15.7. The molecule has 558 valence electrons. The van der Waals surface area contributed by atoms with Gasteiger partial charge in [-0.2, -0.15) is 52.7 Å². The highest BCUT2D eigenvalue weighted by Gasteiger charge is 2.74. The first-order valence-corrected chi connectivity index (χ1v) is 33.3. The number of nitrogens with one attached hydrogen (secondary N) is 3. The van der Waals surface area contributed by atoms with E-state index in [0.717, 1.165) is 39.4 Å². The molecule has 8 aromatic carbocycles. The molecule has 12 N–H and O–H groups in total. The van der Waals surface area contributed by atoms with Crippen molar-refractivity contribution in [2.75, 3.05) is 36.9 Å². The summed E-state index contributed by atoms with van der Waals surface area (Å²) in [7, 11) is 0. The zero-order valence-corrected chi connectivity index (χ0v) is 57.0. The van der Waals surface area contributed by atoms with E-state index in [2.05, 4.69) is 16.0 Å². The van der Waals surface area contributed by atoms with Gasteiger partial charge in [0.05, 0.1) is 28.6 Å². The van der Waals surface area contributed by atoms with Crippen LogP contribution < -0.4 is 31.2 Å². The third kappa shape index (κ3) is 14.2. The van der Waals surface area contributed by atoms with Gasteiger partial charge in [0.2, 0.25) is 16.7 Å². The molecule has 0 radical (unpaired) electrons. The summed E-state index contributed by atoms with van der Waals surface area (Å²) in [5, 5.41) is 83.3. The summed E-state index contributed by atoms with van der Waals surface area (Å²) in [6.45, 7) is 5.67. The molecule has 0 heterocycles. The number of aliphatic carboxylic acids is 1. The van der Waals surface area contributed by atoms with Crippen molar-refractivity contribution < 1.29 is 107 Å². The Hall–Kier alpha value is -9.96. The zero-order chi connectivity index (χ0) is 76.8. The molecule has 0 saturated heterocycles. The zero-order valence-electron chi connectivity index (χ0n) is 57.0. The van der Waals surface area contributed by atoms with Gasteiger partial charge in [0.15, 0.2) is 0 Å². The number of rotatable bonds is 25. The second-order valence-electron chi connectivity index (χ2n) is 27.1. The number of aliphatic hydroxyl groups excluding tert-OH is 2. The number of phenols is 4. The minimum atomic E-state index is -6.18. The molecule has 0 bridgehead atoms. The fraction of sp³-hybridized carbons (Fsp3) is 0.333. The number of anilines is 2. The van der Waals surface area contributed by atoms with Gasteiger partial charge in [-0.05, 0) is 167 Å². The lowest BCUT2D eigenvalue weighted by atomic mass is 9.68. The van der Waals surface area contributed by atoms with Crippen LogP contribution in [0.1, 0.15) is 110 Å². The van der Waals surface area contributed by atoms with Crippen LogP contribution in [0.2, 0.25) is 0 Å². The fourth-order valence-electron chi connectivity index (χ4n) is 14.2. The van der Waals surface area contributed by atoms with E-state index in [-0.39, 0.29) is 42.9 Å². The smallest absolute Gasteiger partial charge is 0.411 e. The summed E-state index contributed by atoms with van der Waals surface area (Å²) in [6.07, 6.45) is -24.6. The third-order valence-corrected chi connectivity index (χ3v) is 20.5. The van der Waals surface area contributed by atoms with Crippen LogP contribution in [0.15, 0.2) is 182 Å². The van der Waals surface area contributed by atoms with E-state index in [4.69, 9.17) is 15.2 Å². The number of alkyl halides is 12. The molecule has 27 heteroatoms. The fourth-order valence-corrected chi connectivity index (χ4v) is 14.2. The van der Waals surface area contributed by atoms with Crippen molar-refractivity contribution in [3.63, 3.8) is 0 Å². The van der Waals surface area contributed by atoms with Crippen molar-refractivity contribution in [1.82, 2.24) is 5.32 Å². The Morgan fingerprint density at radius 2 is 0.914 bits per heavy atom. The van der Waals surface area contributed by atoms with Crippen molar-refractivity contribution in [3.8, 4) is 45.6 Å². The van der Waals surface area contributed by atoms with E-state index in [1.165, 1.54) is 32.9 Å². The Morgan fingerprint density at radius 3 is 1.35 bits per heavy atom. The van der Waals surface area contributed by atoms with Crippen LogP contribution in [0, 0.1) is 17.8 Å². The van der Waals surface area contributed by atoms with Gasteiger partial charge in [-0.3, -0.25) is 9.59 Å². The molecule has 6 unspecified atom stereocenters. The van der Waals surface area contributed by atoms with Gasteiger partial charge in [0.1, 0.15) is 59.9 Å². The summed E-state index contributed by atoms with van der Waals surface area (Å²) >= 11 is 0. The second kappa shape index (κ2) is 29.2. The van der Waals surface area contributed by atoms with Gasteiger partial charge in [-0.25, -0.2) is 0 Å². The minimum Gasteiger partial charge on any atom is -0.508 e. The van der Waals surface area contributed by atoms with Crippen molar-refractivity contribution in [1.29, 1.82) is 0 Å². The summed E-state index contributed by atoms with van der Waals surface area (Å²) in [5.74, 6) is -8.03. The minimum absolute atomic E-state index is 0.0775. The molecule has 8 aromatic rings. The molecule has 10 rings (SSSR count). The van der Waals surface area contributed by atoms with E-state index in [1.54, 1.807) is 50.2 Å². The van der Waals surface area contributed by atoms with E-state index < -0.39 is 176 Å². The van der Waals surface area contributed by atoms with Gasteiger partial charge in [0, 0.05) is 35.3 Å². The molecule has 1 amide bonds. The molecule has 0 fully saturated rings. The van der Waals surface area contributed by atoms with Crippen molar-refractivity contribution >= 4 is 23.3 Å². The van der Waals surface area contributed by atoms with Gasteiger partial charge in [0.25, 0.3) is 0 Å². The third-order valence-electron chi connectivity index (χ3n) is 20.5. The number of aliphatic hydroxyl groups is 2. The summed E-state index contributed by atoms with van der Waals surface area (Å²) in [4.78, 5) is 25.3. The topological polar surface area (TPSA) is 256 Å². The normalized spacial score (nSPS) is 17.2. The average molecular weight is 1470 g/mol. The largest absolute Gasteiger partial charge is 0.508 e. The number of benzene rings is 8. The van der Waals surface area contributed by atoms with Crippen LogP contribution in [0.25, 0.3) is 11.1 Å². The van der Waals surface area contributed by atoms with Crippen molar-refractivity contribution in [3.05, 3.63) is 238 Å². The molecule has 2 aliphatic rings. The lowest BCUT2D eigenvalue weighted by Gasteiger charge is -2.40. The van der Waals surface area contributed by atoms with E-state index in [0.29, 0.717) is 66.7 Å². The predicted molar refractivity (Wildman–Crippen MR) is 367 cm³/mol. The van der Waals surface area contributed by atoms with Gasteiger partial charge in [-0.1, -0.05) is 130 Å². The molecule has 0 aliphatic heterocycles. The number of carbonyl (C=O) groups excluding carboxylic acids is 1. The van der Waals surface area contributed by atoms with E-state index in [1.807, 2.05) is 60.7 Å². The first-order chi connectivity index (χ1) is 49.2. The molecule has 0 aromatic heterocycles.